The number of pyridine rings is 1. The smallest absolute Gasteiger partial charge is 0.263 e. The highest BCUT2D eigenvalue weighted by atomic mass is 35.5. The number of halogens is 1. The van der Waals surface area contributed by atoms with Gasteiger partial charge in [0.15, 0.2) is 12.4 Å². The number of aromatic nitrogens is 1. The number of nitrogens with one attached hydrogen (secondary N) is 1. The van der Waals surface area contributed by atoms with Crippen LogP contribution in [0.4, 0.5) is 5.82 Å². The van der Waals surface area contributed by atoms with Gasteiger partial charge in [-0.2, -0.15) is 5.26 Å². The third kappa shape index (κ3) is 3.70. The van der Waals surface area contributed by atoms with Crippen molar-refractivity contribution in [2.75, 3.05) is 11.9 Å². The second-order valence-corrected chi connectivity index (χ2v) is 4.21. The molecule has 1 heterocycles. The molecule has 0 saturated carbocycles. The molecule has 0 unspecified atom stereocenters. The molecule has 0 aliphatic carbocycles. The van der Waals surface area contributed by atoms with Crippen molar-refractivity contribution in [3.05, 3.63) is 53.2 Å². The molecular formula is C14H10ClN3O2. The first-order chi connectivity index (χ1) is 9.69. The van der Waals surface area contributed by atoms with Crippen molar-refractivity contribution in [1.82, 2.24) is 4.98 Å². The Balaban J connectivity index is 1.89. The quantitative estimate of drug-likeness (QED) is 0.938. The van der Waals surface area contributed by atoms with E-state index in [-0.39, 0.29) is 12.5 Å². The summed E-state index contributed by atoms with van der Waals surface area (Å²) in [6.45, 7) is -0.168. The van der Waals surface area contributed by atoms with Crippen LogP contribution in [0.2, 0.25) is 5.02 Å². The van der Waals surface area contributed by atoms with Gasteiger partial charge < -0.3 is 10.1 Å². The van der Waals surface area contributed by atoms with Gasteiger partial charge in [-0.1, -0.05) is 11.6 Å². The van der Waals surface area contributed by atoms with E-state index in [1.807, 2.05) is 6.07 Å². The summed E-state index contributed by atoms with van der Waals surface area (Å²) in [4.78, 5) is 15.6. The number of anilines is 1. The van der Waals surface area contributed by atoms with Gasteiger partial charge in [0.2, 0.25) is 0 Å². The molecule has 6 heteroatoms. The van der Waals surface area contributed by atoms with Gasteiger partial charge in [0.05, 0.1) is 16.7 Å². The van der Waals surface area contributed by atoms with E-state index in [4.69, 9.17) is 21.6 Å². The Labute approximate surface area is 120 Å². The molecule has 0 aliphatic heterocycles. The normalized spacial score (nSPS) is 9.60. The van der Waals surface area contributed by atoms with Crippen molar-refractivity contribution in [3.63, 3.8) is 0 Å². The molecule has 0 saturated heterocycles. The topological polar surface area (TPSA) is 75.0 Å². The lowest BCUT2D eigenvalue weighted by Gasteiger charge is -2.07. The number of hydrogen-bond donors (Lipinski definition) is 1. The van der Waals surface area contributed by atoms with Crippen LogP contribution in [-0.4, -0.2) is 17.5 Å². The highest BCUT2D eigenvalue weighted by molar-refractivity contribution is 6.33. The minimum absolute atomic E-state index is 0.168. The van der Waals surface area contributed by atoms with Crippen LogP contribution in [0.15, 0.2) is 42.6 Å². The van der Waals surface area contributed by atoms with Gasteiger partial charge in [0.1, 0.15) is 5.75 Å². The van der Waals surface area contributed by atoms with Crippen molar-refractivity contribution >= 4 is 23.3 Å². The summed E-state index contributed by atoms with van der Waals surface area (Å²) in [6, 6.07) is 11.8. The number of benzene rings is 1. The molecule has 1 aromatic carbocycles. The molecular weight excluding hydrogens is 278 g/mol. The average molecular weight is 288 g/mol. The van der Waals surface area contributed by atoms with Crippen LogP contribution in [-0.2, 0) is 4.79 Å². The largest absolute Gasteiger partial charge is 0.484 e. The minimum atomic E-state index is -0.366. The van der Waals surface area contributed by atoms with E-state index in [1.54, 1.807) is 36.4 Å². The van der Waals surface area contributed by atoms with Crippen molar-refractivity contribution in [1.29, 1.82) is 5.26 Å². The lowest BCUT2D eigenvalue weighted by Crippen LogP contribution is -2.20. The zero-order valence-electron chi connectivity index (χ0n) is 10.3. The fourth-order valence-corrected chi connectivity index (χ4v) is 1.59. The summed E-state index contributed by atoms with van der Waals surface area (Å²) in [5, 5.41) is 11.6. The molecule has 0 aliphatic rings. The molecule has 2 aromatic rings. The molecule has 1 aromatic heterocycles. The molecule has 1 N–H and O–H groups in total. The first-order valence-electron chi connectivity index (χ1n) is 5.72. The number of nitriles is 1. The molecule has 0 spiro atoms. The van der Waals surface area contributed by atoms with Crippen LogP contribution in [0.3, 0.4) is 0 Å². The van der Waals surface area contributed by atoms with E-state index >= 15 is 0 Å². The van der Waals surface area contributed by atoms with E-state index in [1.165, 1.54) is 6.20 Å². The third-order valence-electron chi connectivity index (χ3n) is 2.37. The van der Waals surface area contributed by atoms with Gasteiger partial charge >= 0.3 is 0 Å². The zero-order chi connectivity index (χ0) is 14.4. The van der Waals surface area contributed by atoms with Crippen molar-refractivity contribution < 1.29 is 9.53 Å². The predicted molar refractivity (Wildman–Crippen MR) is 74.5 cm³/mol. The van der Waals surface area contributed by atoms with E-state index in [2.05, 4.69) is 10.3 Å². The lowest BCUT2D eigenvalue weighted by molar-refractivity contribution is -0.118. The summed E-state index contributed by atoms with van der Waals surface area (Å²) < 4.78 is 5.29. The number of amides is 1. The average Bonchev–Trinajstić information content (AvgIpc) is 2.48. The van der Waals surface area contributed by atoms with Crippen LogP contribution < -0.4 is 10.1 Å². The summed E-state index contributed by atoms with van der Waals surface area (Å²) in [7, 11) is 0. The third-order valence-corrected chi connectivity index (χ3v) is 2.67. The number of hydrogen-bond acceptors (Lipinski definition) is 4. The predicted octanol–water partition coefficient (Wildman–Crippen LogP) is 2.62. The van der Waals surface area contributed by atoms with Gasteiger partial charge in [-0.05, 0) is 36.4 Å². The Bertz CT molecular complexity index is 650. The van der Waals surface area contributed by atoms with Gasteiger partial charge in [0.25, 0.3) is 5.91 Å². The monoisotopic (exact) mass is 287 g/mol. The van der Waals surface area contributed by atoms with E-state index < -0.39 is 0 Å². The Hall–Kier alpha value is -2.58. The van der Waals surface area contributed by atoms with Crippen LogP contribution in [0.5, 0.6) is 5.75 Å². The Morgan fingerprint density at radius 2 is 2.10 bits per heavy atom. The maximum absolute atomic E-state index is 11.7. The van der Waals surface area contributed by atoms with Crippen LogP contribution in [0, 0.1) is 11.3 Å². The molecule has 5 nitrogen and oxygen atoms in total. The second kappa shape index (κ2) is 6.55. The van der Waals surface area contributed by atoms with E-state index in [9.17, 15) is 4.79 Å². The van der Waals surface area contributed by atoms with Gasteiger partial charge in [-0.15, -0.1) is 0 Å². The molecule has 0 radical (unpaired) electrons. The summed E-state index contributed by atoms with van der Waals surface area (Å²) in [5.41, 5.74) is 0.530. The van der Waals surface area contributed by atoms with E-state index in [0.717, 1.165) is 0 Å². The molecule has 2 rings (SSSR count). The van der Waals surface area contributed by atoms with Crippen molar-refractivity contribution in [2.24, 2.45) is 0 Å². The highest BCUT2D eigenvalue weighted by Crippen LogP contribution is 2.17. The molecule has 1 amide bonds. The SMILES string of the molecule is N#Cc1ccc(OCC(=O)Nc2ncccc2Cl)cc1. The minimum Gasteiger partial charge on any atom is -0.484 e. The summed E-state index contributed by atoms with van der Waals surface area (Å²) in [6.07, 6.45) is 1.53. The Kier molecular flexibility index (Phi) is 4.53. The molecule has 0 atom stereocenters. The van der Waals surface area contributed by atoms with Gasteiger partial charge in [-0.25, -0.2) is 4.98 Å². The lowest BCUT2D eigenvalue weighted by atomic mass is 10.2. The number of nitrogens with zero attached hydrogens (tertiary/aromatic N) is 2. The van der Waals surface area contributed by atoms with Crippen LogP contribution in [0.1, 0.15) is 5.56 Å². The maximum atomic E-state index is 11.7. The second-order valence-electron chi connectivity index (χ2n) is 3.81. The van der Waals surface area contributed by atoms with Crippen LogP contribution >= 0.6 is 11.6 Å². The Morgan fingerprint density at radius 1 is 1.35 bits per heavy atom. The molecule has 0 bridgehead atoms. The maximum Gasteiger partial charge on any atom is 0.263 e. The summed E-state index contributed by atoms with van der Waals surface area (Å²) in [5.74, 6) is 0.434. The van der Waals surface area contributed by atoms with E-state index in [0.29, 0.717) is 22.2 Å². The van der Waals surface area contributed by atoms with Crippen molar-refractivity contribution in [3.8, 4) is 11.8 Å². The fourth-order valence-electron chi connectivity index (χ4n) is 1.42. The first kappa shape index (κ1) is 13.8. The summed E-state index contributed by atoms with van der Waals surface area (Å²) >= 11 is 5.87. The number of ether oxygens (including phenoxy) is 1. The molecule has 20 heavy (non-hydrogen) atoms. The molecule has 0 fully saturated rings. The van der Waals surface area contributed by atoms with Crippen LogP contribution in [0.25, 0.3) is 0 Å². The zero-order valence-corrected chi connectivity index (χ0v) is 11.1. The standard InChI is InChI=1S/C14H10ClN3O2/c15-12-2-1-7-17-14(12)18-13(19)9-20-11-5-3-10(8-16)4-6-11/h1-7H,9H2,(H,17,18,19). The van der Waals surface area contributed by atoms with Gasteiger partial charge in [-0.3, -0.25) is 4.79 Å². The van der Waals surface area contributed by atoms with Crippen molar-refractivity contribution in [2.45, 2.75) is 0 Å². The highest BCUT2D eigenvalue weighted by Gasteiger charge is 2.07. The molecule has 100 valence electrons. The fraction of sp³-hybridized carbons (Fsp3) is 0.0714. The van der Waals surface area contributed by atoms with Gasteiger partial charge in [0, 0.05) is 6.20 Å². The number of rotatable bonds is 4. The Morgan fingerprint density at radius 3 is 2.75 bits per heavy atom. The number of carbonyl (C=O) groups is 1. The number of carbonyl (C=O) groups excluding carboxylic acids is 1. The first-order valence-corrected chi connectivity index (χ1v) is 6.10.